The summed E-state index contributed by atoms with van der Waals surface area (Å²) in [5, 5.41) is 9.94. The van der Waals surface area contributed by atoms with Gasteiger partial charge in [0.25, 0.3) is 5.91 Å². The summed E-state index contributed by atoms with van der Waals surface area (Å²) in [5.74, 6) is -0.789. The molecule has 6 nitrogen and oxygen atoms in total. The van der Waals surface area contributed by atoms with Crippen LogP contribution in [-0.4, -0.2) is 25.5 Å². The lowest BCUT2D eigenvalue weighted by Crippen LogP contribution is -2.24. The van der Waals surface area contributed by atoms with Crippen molar-refractivity contribution in [3.05, 3.63) is 63.7 Å². The van der Waals surface area contributed by atoms with E-state index in [-0.39, 0.29) is 6.54 Å². The lowest BCUT2D eigenvalue weighted by atomic mass is 10.2. The molecule has 28 heavy (non-hydrogen) atoms. The molecule has 3 rings (SSSR count). The fourth-order valence-corrected chi connectivity index (χ4v) is 3.31. The largest absolute Gasteiger partial charge is 0.434 e. The predicted molar refractivity (Wildman–Crippen MR) is 97.4 cm³/mol. The van der Waals surface area contributed by atoms with Crippen molar-refractivity contribution in [3.63, 3.8) is 0 Å². The third-order valence-electron chi connectivity index (χ3n) is 4.34. The highest BCUT2D eigenvalue weighted by Crippen LogP contribution is 2.35. The van der Waals surface area contributed by atoms with Gasteiger partial charge in [0.15, 0.2) is 11.4 Å². The van der Waals surface area contributed by atoms with Crippen molar-refractivity contribution in [1.82, 2.24) is 24.9 Å². The number of carbonyl (C=O) groups is 1. The Labute approximate surface area is 163 Å². The molecule has 10 heteroatoms. The van der Waals surface area contributed by atoms with E-state index in [1.165, 1.54) is 0 Å². The Balaban J connectivity index is 1.82. The van der Waals surface area contributed by atoms with Gasteiger partial charge in [0.1, 0.15) is 5.02 Å². The molecule has 3 aromatic rings. The zero-order valence-corrected chi connectivity index (χ0v) is 16.1. The Bertz CT molecular complexity index is 1020. The van der Waals surface area contributed by atoms with E-state index in [2.05, 4.69) is 15.5 Å². The maximum absolute atomic E-state index is 13.0. The highest BCUT2D eigenvalue weighted by Gasteiger charge is 2.40. The Morgan fingerprint density at radius 2 is 1.82 bits per heavy atom. The second-order valence-corrected chi connectivity index (χ2v) is 6.59. The molecule has 0 aliphatic carbocycles. The van der Waals surface area contributed by atoms with Crippen LogP contribution in [0.5, 0.6) is 0 Å². The molecule has 1 amide bonds. The van der Waals surface area contributed by atoms with E-state index in [1.807, 2.05) is 37.3 Å². The van der Waals surface area contributed by atoms with Gasteiger partial charge in [-0.2, -0.15) is 23.4 Å². The van der Waals surface area contributed by atoms with Gasteiger partial charge in [-0.25, -0.2) is 4.68 Å². The SMILES string of the molecule is Cc1nn(-c2ccccc2)c(C)c1CNC(=O)c1nn(C)c(C(F)(F)F)c1Cl. The average Bonchev–Trinajstić information content (AvgIpc) is 3.09. The van der Waals surface area contributed by atoms with Crippen LogP contribution in [0, 0.1) is 13.8 Å². The number of halogens is 4. The van der Waals surface area contributed by atoms with Gasteiger partial charge in [0, 0.05) is 24.8 Å². The van der Waals surface area contributed by atoms with E-state index in [9.17, 15) is 18.0 Å². The Kier molecular flexibility index (Phi) is 5.20. The number of alkyl halides is 3. The molecule has 1 N–H and O–H groups in total. The molecular weight excluding hydrogens is 395 g/mol. The third-order valence-corrected chi connectivity index (χ3v) is 4.70. The van der Waals surface area contributed by atoms with Crippen molar-refractivity contribution in [2.75, 3.05) is 0 Å². The van der Waals surface area contributed by atoms with Gasteiger partial charge in [-0.05, 0) is 26.0 Å². The molecule has 0 radical (unpaired) electrons. The van der Waals surface area contributed by atoms with Gasteiger partial charge < -0.3 is 5.32 Å². The molecule has 0 bridgehead atoms. The number of para-hydroxylation sites is 1. The number of aromatic nitrogens is 4. The fraction of sp³-hybridized carbons (Fsp3) is 0.278. The summed E-state index contributed by atoms with van der Waals surface area (Å²) < 4.78 is 41.4. The number of hydrogen-bond donors (Lipinski definition) is 1. The average molecular weight is 412 g/mol. The van der Waals surface area contributed by atoms with Crippen LogP contribution >= 0.6 is 11.6 Å². The molecule has 0 saturated carbocycles. The topological polar surface area (TPSA) is 64.7 Å². The zero-order valence-electron chi connectivity index (χ0n) is 15.3. The minimum Gasteiger partial charge on any atom is -0.346 e. The number of benzene rings is 1. The molecule has 2 heterocycles. The Hall–Kier alpha value is -2.81. The number of nitrogens with one attached hydrogen (secondary N) is 1. The van der Waals surface area contributed by atoms with Gasteiger partial charge in [-0.15, -0.1) is 0 Å². The maximum Gasteiger partial charge on any atom is 0.434 e. The maximum atomic E-state index is 13.0. The minimum atomic E-state index is -4.71. The predicted octanol–water partition coefficient (Wildman–Crippen LogP) is 3.82. The number of amides is 1. The molecule has 0 saturated heterocycles. The molecule has 148 valence electrons. The van der Waals surface area contributed by atoms with Crippen LogP contribution < -0.4 is 5.32 Å². The fourth-order valence-electron chi connectivity index (χ4n) is 2.95. The van der Waals surface area contributed by atoms with Crippen LogP contribution in [-0.2, 0) is 19.8 Å². The Morgan fingerprint density at radius 1 is 1.18 bits per heavy atom. The summed E-state index contributed by atoms with van der Waals surface area (Å²) in [6.07, 6.45) is -4.71. The molecule has 0 fully saturated rings. The number of rotatable bonds is 4. The summed E-state index contributed by atoms with van der Waals surface area (Å²) in [4.78, 5) is 12.4. The van der Waals surface area contributed by atoms with Gasteiger partial charge in [0.05, 0.1) is 11.4 Å². The van der Waals surface area contributed by atoms with Crippen LogP contribution in [0.25, 0.3) is 5.69 Å². The van der Waals surface area contributed by atoms with Gasteiger partial charge in [-0.3, -0.25) is 9.48 Å². The van der Waals surface area contributed by atoms with Crippen LogP contribution in [0.3, 0.4) is 0 Å². The lowest BCUT2D eigenvalue weighted by Gasteiger charge is -2.07. The summed E-state index contributed by atoms with van der Waals surface area (Å²) in [6.45, 7) is 3.73. The normalized spacial score (nSPS) is 11.7. The highest BCUT2D eigenvalue weighted by molar-refractivity contribution is 6.34. The summed E-state index contributed by atoms with van der Waals surface area (Å²) in [6, 6.07) is 9.45. The minimum absolute atomic E-state index is 0.0809. The van der Waals surface area contributed by atoms with E-state index in [1.54, 1.807) is 11.6 Å². The molecule has 0 atom stereocenters. The molecule has 0 aliphatic heterocycles. The number of hydrogen-bond acceptors (Lipinski definition) is 3. The highest BCUT2D eigenvalue weighted by atomic mass is 35.5. The number of carbonyl (C=O) groups excluding carboxylic acids is 1. The summed E-state index contributed by atoms with van der Waals surface area (Å²) in [7, 11) is 1.09. The third kappa shape index (κ3) is 3.62. The molecular formula is C18H17ClF3N5O. The monoisotopic (exact) mass is 411 g/mol. The lowest BCUT2D eigenvalue weighted by molar-refractivity contribution is -0.143. The van der Waals surface area contributed by atoms with Crippen molar-refractivity contribution in [1.29, 1.82) is 0 Å². The number of aryl methyl sites for hydroxylation is 2. The van der Waals surface area contributed by atoms with Gasteiger partial charge in [-0.1, -0.05) is 29.8 Å². The second-order valence-electron chi connectivity index (χ2n) is 6.21. The first kappa shape index (κ1) is 19.9. The molecule has 1 aromatic carbocycles. The van der Waals surface area contributed by atoms with Crippen LogP contribution in [0.4, 0.5) is 13.2 Å². The van der Waals surface area contributed by atoms with Crippen molar-refractivity contribution in [2.45, 2.75) is 26.6 Å². The molecule has 0 spiro atoms. The Morgan fingerprint density at radius 3 is 2.39 bits per heavy atom. The van der Waals surface area contributed by atoms with E-state index >= 15 is 0 Å². The van der Waals surface area contributed by atoms with Crippen LogP contribution in [0.2, 0.25) is 5.02 Å². The van der Waals surface area contributed by atoms with Crippen LogP contribution in [0.15, 0.2) is 30.3 Å². The van der Waals surface area contributed by atoms with E-state index in [4.69, 9.17) is 11.6 Å². The van der Waals surface area contributed by atoms with Gasteiger partial charge in [0.2, 0.25) is 0 Å². The van der Waals surface area contributed by atoms with Crippen molar-refractivity contribution in [3.8, 4) is 5.69 Å². The summed E-state index contributed by atoms with van der Waals surface area (Å²) in [5.41, 5.74) is 1.51. The van der Waals surface area contributed by atoms with E-state index in [0.29, 0.717) is 10.4 Å². The first-order valence-corrected chi connectivity index (χ1v) is 8.67. The van der Waals surface area contributed by atoms with Crippen LogP contribution in [0.1, 0.15) is 33.1 Å². The molecule has 0 unspecified atom stereocenters. The standard InChI is InChI=1S/C18H17ClF3N5O/c1-10-13(11(2)27(24-10)12-7-5-4-6-8-12)9-23-17(28)15-14(19)16(18(20,21)22)26(3)25-15/h4-8H,9H2,1-3H3,(H,23,28). The molecule has 2 aromatic heterocycles. The van der Waals surface area contributed by atoms with Gasteiger partial charge >= 0.3 is 6.18 Å². The molecule has 0 aliphatic rings. The second kappa shape index (κ2) is 7.31. The summed E-state index contributed by atoms with van der Waals surface area (Å²) >= 11 is 5.76. The van der Waals surface area contributed by atoms with E-state index in [0.717, 1.165) is 24.0 Å². The van der Waals surface area contributed by atoms with E-state index < -0.39 is 28.5 Å². The zero-order chi connectivity index (χ0) is 20.6. The first-order chi connectivity index (χ1) is 13.1. The van der Waals surface area contributed by atoms with Crippen molar-refractivity contribution >= 4 is 17.5 Å². The first-order valence-electron chi connectivity index (χ1n) is 8.29. The quantitative estimate of drug-likeness (QED) is 0.709. The van der Waals surface area contributed by atoms with Crippen molar-refractivity contribution in [2.24, 2.45) is 7.05 Å². The van der Waals surface area contributed by atoms with Crippen molar-refractivity contribution < 1.29 is 18.0 Å². The smallest absolute Gasteiger partial charge is 0.346 e. The number of nitrogens with zero attached hydrogens (tertiary/aromatic N) is 4.